The van der Waals surface area contributed by atoms with E-state index in [-0.39, 0.29) is 23.2 Å². The zero-order valence-corrected chi connectivity index (χ0v) is 12.5. The van der Waals surface area contributed by atoms with Crippen LogP contribution in [0.1, 0.15) is 38.8 Å². The Hall–Kier alpha value is -2.04. The number of nitrogens with two attached hydrogens (primary N) is 1. The van der Waals surface area contributed by atoms with Crippen LogP contribution in [0, 0.1) is 5.41 Å². The number of carbonyl (C=O) groups is 1. The van der Waals surface area contributed by atoms with Crippen LogP contribution in [0.25, 0.3) is 0 Å². The van der Waals surface area contributed by atoms with Crippen molar-refractivity contribution in [2.45, 2.75) is 40.2 Å². The predicted octanol–water partition coefficient (Wildman–Crippen LogP) is 1.87. The number of hydrogen-bond acceptors (Lipinski definition) is 3. The predicted molar refractivity (Wildman–Crippen MR) is 79.7 cm³/mol. The van der Waals surface area contributed by atoms with E-state index in [1.54, 1.807) is 24.3 Å². The molecular formula is C15H23N3O2. The Bertz CT molecular complexity index is 487. The number of nitrogens with one attached hydrogen (secondary N) is 1. The van der Waals surface area contributed by atoms with E-state index in [1.807, 2.05) is 6.92 Å². The maximum Gasteiger partial charge on any atom is 0.224 e. The van der Waals surface area contributed by atoms with Crippen molar-refractivity contribution in [2.24, 2.45) is 16.3 Å². The first-order chi connectivity index (χ1) is 9.24. The molecule has 4 N–H and O–H groups in total. The largest absolute Gasteiger partial charge is 0.409 e. The van der Waals surface area contributed by atoms with Crippen LogP contribution in [0.15, 0.2) is 29.4 Å². The molecule has 1 aromatic rings. The van der Waals surface area contributed by atoms with Crippen LogP contribution in [-0.4, -0.2) is 23.0 Å². The van der Waals surface area contributed by atoms with E-state index in [1.165, 1.54) is 0 Å². The fraction of sp³-hybridized carbons (Fsp3) is 0.467. The number of oxime groups is 1. The number of benzene rings is 1. The Morgan fingerprint density at radius 2 is 1.90 bits per heavy atom. The van der Waals surface area contributed by atoms with Gasteiger partial charge in [0.05, 0.1) is 6.42 Å². The molecule has 0 radical (unpaired) electrons. The van der Waals surface area contributed by atoms with Crippen LogP contribution < -0.4 is 11.1 Å². The van der Waals surface area contributed by atoms with Crippen LogP contribution in [0.2, 0.25) is 0 Å². The van der Waals surface area contributed by atoms with E-state index in [0.717, 1.165) is 5.56 Å². The molecule has 5 heteroatoms. The maximum atomic E-state index is 11.9. The summed E-state index contributed by atoms with van der Waals surface area (Å²) in [4.78, 5) is 11.9. The first-order valence-electron chi connectivity index (χ1n) is 6.60. The molecule has 5 nitrogen and oxygen atoms in total. The van der Waals surface area contributed by atoms with Gasteiger partial charge >= 0.3 is 0 Å². The summed E-state index contributed by atoms with van der Waals surface area (Å²) in [6, 6.07) is 7.16. The maximum absolute atomic E-state index is 11.9. The first-order valence-corrected chi connectivity index (χ1v) is 6.60. The summed E-state index contributed by atoms with van der Waals surface area (Å²) in [5, 5.41) is 14.5. The Morgan fingerprint density at radius 3 is 2.35 bits per heavy atom. The van der Waals surface area contributed by atoms with Crippen LogP contribution >= 0.6 is 0 Å². The summed E-state index contributed by atoms with van der Waals surface area (Å²) in [7, 11) is 0. The van der Waals surface area contributed by atoms with Crippen molar-refractivity contribution < 1.29 is 10.0 Å². The zero-order chi connectivity index (χ0) is 15.3. The minimum atomic E-state index is -0.0102. The second kappa shape index (κ2) is 6.41. The SMILES string of the molecule is CC(NC(=O)Cc1ccc(/C(N)=N/O)cc1)C(C)(C)C. The quantitative estimate of drug-likeness (QED) is 0.340. The smallest absolute Gasteiger partial charge is 0.224 e. The number of amides is 1. The lowest BCUT2D eigenvalue weighted by Gasteiger charge is -2.28. The number of amidine groups is 1. The lowest BCUT2D eigenvalue weighted by molar-refractivity contribution is -0.121. The monoisotopic (exact) mass is 277 g/mol. The van der Waals surface area contributed by atoms with Gasteiger partial charge in [0.25, 0.3) is 0 Å². The van der Waals surface area contributed by atoms with E-state index >= 15 is 0 Å². The third kappa shape index (κ3) is 4.57. The van der Waals surface area contributed by atoms with Gasteiger partial charge in [0, 0.05) is 11.6 Å². The van der Waals surface area contributed by atoms with Gasteiger partial charge in [0.2, 0.25) is 5.91 Å². The van der Waals surface area contributed by atoms with Gasteiger partial charge in [-0.3, -0.25) is 4.79 Å². The van der Waals surface area contributed by atoms with Gasteiger partial charge in [0.1, 0.15) is 0 Å². The summed E-state index contributed by atoms with van der Waals surface area (Å²) >= 11 is 0. The number of nitrogens with zero attached hydrogens (tertiary/aromatic N) is 1. The highest BCUT2D eigenvalue weighted by Gasteiger charge is 2.21. The van der Waals surface area contributed by atoms with Crippen LogP contribution in [0.5, 0.6) is 0 Å². The Balaban J connectivity index is 2.63. The van der Waals surface area contributed by atoms with Crippen molar-refractivity contribution in [3.63, 3.8) is 0 Å². The summed E-state index contributed by atoms with van der Waals surface area (Å²) in [6.07, 6.45) is 0.316. The highest BCUT2D eigenvalue weighted by Crippen LogP contribution is 2.18. The summed E-state index contributed by atoms with van der Waals surface area (Å²) in [6.45, 7) is 8.26. The molecule has 0 spiro atoms. The molecular weight excluding hydrogens is 254 g/mol. The summed E-state index contributed by atoms with van der Waals surface area (Å²) in [5.74, 6) is 0.0475. The Morgan fingerprint density at radius 1 is 1.35 bits per heavy atom. The van der Waals surface area contributed by atoms with Gasteiger partial charge in [-0.25, -0.2) is 0 Å². The second-order valence-electron chi connectivity index (χ2n) is 6.01. The molecule has 0 aliphatic heterocycles. The normalized spacial score (nSPS) is 13.9. The van der Waals surface area contributed by atoms with Crippen molar-refractivity contribution in [3.8, 4) is 0 Å². The fourth-order valence-corrected chi connectivity index (χ4v) is 1.55. The van der Waals surface area contributed by atoms with Crippen LogP contribution in [0.4, 0.5) is 0 Å². The van der Waals surface area contributed by atoms with E-state index in [2.05, 4.69) is 31.2 Å². The highest BCUT2D eigenvalue weighted by atomic mass is 16.4. The molecule has 0 aliphatic rings. The lowest BCUT2D eigenvalue weighted by atomic mass is 9.88. The number of carbonyl (C=O) groups excluding carboxylic acids is 1. The standard InChI is InChI=1S/C15H23N3O2/c1-10(15(2,3)4)17-13(19)9-11-5-7-12(8-6-11)14(16)18-20/h5-8,10,20H,9H2,1-4H3,(H2,16,18)(H,17,19). The van der Waals surface area contributed by atoms with Crippen molar-refractivity contribution in [3.05, 3.63) is 35.4 Å². The molecule has 0 saturated heterocycles. The van der Waals surface area contributed by atoms with Gasteiger partial charge in [0.15, 0.2) is 5.84 Å². The molecule has 1 aromatic carbocycles. The molecule has 1 unspecified atom stereocenters. The molecule has 1 atom stereocenters. The minimum absolute atomic E-state index is 0.0102. The number of rotatable bonds is 4. The second-order valence-corrected chi connectivity index (χ2v) is 6.01. The van der Waals surface area contributed by atoms with Gasteiger partial charge in [-0.1, -0.05) is 50.2 Å². The zero-order valence-electron chi connectivity index (χ0n) is 12.5. The van der Waals surface area contributed by atoms with E-state index in [4.69, 9.17) is 10.9 Å². The van der Waals surface area contributed by atoms with Gasteiger partial charge in [-0.2, -0.15) is 0 Å². The molecule has 20 heavy (non-hydrogen) atoms. The van der Waals surface area contributed by atoms with Crippen molar-refractivity contribution in [2.75, 3.05) is 0 Å². The number of hydrogen-bond donors (Lipinski definition) is 3. The molecule has 0 fully saturated rings. The summed E-state index contributed by atoms with van der Waals surface area (Å²) < 4.78 is 0. The molecule has 0 saturated carbocycles. The molecule has 0 aliphatic carbocycles. The molecule has 1 rings (SSSR count). The fourth-order valence-electron chi connectivity index (χ4n) is 1.55. The van der Waals surface area contributed by atoms with Crippen LogP contribution in [-0.2, 0) is 11.2 Å². The molecule has 0 bridgehead atoms. The third-order valence-corrected chi connectivity index (χ3v) is 3.40. The topological polar surface area (TPSA) is 87.7 Å². The Kier molecular flexibility index (Phi) is 5.13. The summed E-state index contributed by atoms with van der Waals surface area (Å²) in [5.41, 5.74) is 7.03. The average molecular weight is 277 g/mol. The van der Waals surface area contributed by atoms with Crippen molar-refractivity contribution in [1.82, 2.24) is 5.32 Å². The van der Waals surface area contributed by atoms with Crippen molar-refractivity contribution >= 4 is 11.7 Å². The first kappa shape index (κ1) is 16.0. The van der Waals surface area contributed by atoms with E-state index in [0.29, 0.717) is 12.0 Å². The van der Waals surface area contributed by atoms with Crippen LogP contribution in [0.3, 0.4) is 0 Å². The third-order valence-electron chi connectivity index (χ3n) is 3.40. The van der Waals surface area contributed by atoms with E-state index < -0.39 is 0 Å². The average Bonchev–Trinajstić information content (AvgIpc) is 2.37. The molecule has 0 aromatic heterocycles. The van der Waals surface area contributed by atoms with Gasteiger partial charge in [-0.05, 0) is 17.9 Å². The van der Waals surface area contributed by atoms with Crippen molar-refractivity contribution in [1.29, 1.82) is 0 Å². The van der Waals surface area contributed by atoms with Gasteiger partial charge in [-0.15, -0.1) is 0 Å². The highest BCUT2D eigenvalue weighted by molar-refractivity contribution is 5.97. The van der Waals surface area contributed by atoms with E-state index in [9.17, 15) is 4.79 Å². The minimum Gasteiger partial charge on any atom is -0.409 e. The molecule has 110 valence electrons. The Labute approximate surface area is 119 Å². The molecule has 0 heterocycles. The molecule has 1 amide bonds. The lowest BCUT2D eigenvalue weighted by Crippen LogP contribution is -2.42. The van der Waals surface area contributed by atoms with Gasteiger partial charge < -0.3 is 16.3 Å².